The fourth-order valence-corrected chi connectivity index (χ4v) is 1.96. The Labute approximate surface area is 109 Å². The second-order valence-electron chi connectivity index (χ2n) is 3.92. The summed E-state index contributed by atoms with van der Waals surface area (Å²) in [5.41, 5.74) is 1.29. The molecule has 90 valence electrons. The number of rotatable bonds is 5. The van der Waals surface area contributed by atoms with E-state index in [0.717, 1.165) is 23.4 Å². The number of hydrogen-bond acceptors (Lipinski definition) is 3. The van der Waals surface area contributed by atoms with Gasteiger partial charge in [-0.05, 0) is 65.6 Å². The normalized spacial score (nSPS) is 12.6. The zero-order chi connectivity index (χ0) is 12.1. The van der Waals surface area contributed by atoms with Gasteiger partial charge in [0, 0.05) is 12.4 Å². The van der Waals surface area contributed by atoms with Crippen LogP contribution in [0.4, 0.5) is 0 Å². The molecule has 4 heteroatoms. The Morgan fingerprint density at radius 3 is 2.71 bits per heavy atom. The lowest BCUT2D eigenvalue weighted by Crippen LogP contribution is -2.20. The van der Waals surface area contributed by atoms with Crippen molar-refractivity contribution < 1.29 is 4.42 Å². The van der Waals surface area contributed by atoms with E-state index in [0.29, 0.717) is 0 Å². The third kappa shape index (κ3) is 3.68. The van der Waals surface area contributed by atoms with Crippen LogP contribution >= 0.6 is 15.9 Å². The number of pyridine rings is 1. The highest BCUT2D eigenvalue weighted by atomic mass is 79.9. The van der Waals surface area contributed by atoms with Gasteiger partial charge in [-0.1, -0.05) is 0 Å². The van der Waals surface area contributed by atoms with Gasteiger partial charge in [0.15, 0.2) is 4.67 Å². The molecule has 0 spiro atoms. The molecule has 0 aromatic carbocycles. The molecule has 1 atom stereocenters. The number of furan rings is 1. The molecule has 0 fully saturated rings. The van der Waals surface area contributed by atoms with Gasteiger partial charge >= 0.3 is 0 Å². The van der Waals surface area contributed by atoms with Crippen molar-refractivity contribution in [2.24, 2.45) is 0 Å². The molecule has 0 amide bonds. The summed E-state index contributed by atoms with van der Waals surface area (Å²) in [7, 11) is 0. The third-order valence-corrected chi connectivity index (χ3v) is 3.06. The van der Waals surface area contributed by atoms with Gasteiger partial charge in [-0.15, -0.1) is 0 Å². The van der Waals surface area contributed by atoms with Crippen molar-refractivity contribution in [3.63, 3.8) is 0 Å². The van der Waals surface area contributed by atoms with Crippen molar-refractivity contribution >= 4 is 15.9 Å². The number of halogens is 1. The van der Waals surface area contributed by atoms with E-state index in [2.05, 4.69) is 33.2 Å². The summed E-state index contributed by atoms with van der Waals surface area (Å²) < 4.78 is 6.27. The summed E-state index contributed by atoms with van der Waals surface area (Å²) >= 11 is 3.30. The van der Waals surface area contributed by atoms with Gasteiger partial charge in [-0.2, -0.15) is 0 Å². The summed E-state index contributed by atoms with van der Waals surface area (Å²) in [5, 5.41) is 3.43. The largest absolute Gasteiger partial charge is 0.453 e. The molecule has 0 bridgehead atoms. The highest BCUT2D eigenvalue weighted by Crippen LogP contribution is 2.19. The molecule has 0 saturated carbocycles. The fourth-order valence-electron chi connectivity index (χ4n) is 1.64. The van der Waals surface area contributed by atoms with Crippen LogP contribution in [0.2, 0.25) is 0 Å². The molecule has 1 unspecified atom stereocenters. The maximum Gasteiger partial charge on any atom is 0.169 e. The van der Waals surface area contributed by atoms with E-state index in [4.69, 9.17) is 4.42 Å². The van der Waals surface area contributed by atoms with Crippen LogP contribution in [0.5, 0.6) is 0 Å². The zero-order valence-electron chi connectivity index (χ0n) is 9.69. The Bertz CT molecular complexity index is 455. The predicted molar refractivity (Wildman–Crippen MR) is 70.8 cm³/mol. The molecule has 17 heavy (non-hydrogen) atoms. The molecular weight excluding hydrogens is 280 g/mol. The molecule has 0 saturated heterocycles. The van der Waals surface area contributed by atoms with Gasteiger partial charge in [0.2, 0.25) is 0 Å². The minimum atomic E-state index is 0.225. The first-order valence-electron chi connectivity index (χ1n) is 5.63. The van der Waals surface area contributed by atoms with Crippen LogP contribution in [0.1, 0.15) is 24.3 Å². The first-order chi connectivity index (χ1) is 8.25. The van der Waals surface area contributed by atoms with E-state index >= 15 is 0 Å². The summed E-state index contributed by atoms with van der Waals surface area (Å²) in [6.07, 6.45) is 4.64. The van der Waals surface area contributed by atoms with Crippen molar-refractivity contribution in [3.05, 3.63) is 52.7 Å². The Balaban J connectivity index is 1.79. The van der Waals surface area contributed by atoms with Gasteiger partial charge in [-0.25, -0.2) is 0 Å². The SMILES string of the molecule is CC(NCCc1ccncc1)c1ccc(Br)o1. The Morgan fingerprint density at radius 2 is 2.06 bits per heavy atom. The standard InChI is InChI=1S/C13H15BrN2O/c1-10(12-2-3-13(14)17-12)16-9-6-11-4-7-15-8-5-11/h2-5,7-8,10,16H,6,9H2,1H3. The summed E-state index contributed by atoms with van der Waals surface area (Å²) in [6, 6.07) is 8.19. The average Bonchev–Trinajstić information content (AvgIpc) is 2.77. The first-order valence-corrected chi connectivity index (χ1v) is 6.42. The number of nitrogens with zero attached hydrogens (tertiary/aromatic N) is 1. The van der Waals surface area contributed by atoms with Crippen LogP contribution < -0.4 is 5.32 Å². The van der Waals surface area contributed by atoms with Gasteiger partial charge < -0.3 is 9.73 Å². The van der Waals surface area contributed by atoms with Crippen molar-refractivity contribution in [1.29, 1.82) is 0 Å². The maximum atomic E-state index is 5.49. The van der Waals surface area contributed by atoms with E-state index in [1.54, 1.807) is 0 Å². The molecular formula is C13H15BrN2O. The van der Waals surface area contributed by atoms with Crippen LogP contribution in [0.3, 0.4) is 0 Å². The van der Waals surface area contributed by atoms with Crippen LogP contribution in [0.15, 0.2) is 45.7 Å². The van der Waals surface area contributed by atoms with Gasteiger partial charge in [0.1, 0.15) is 5.76 Å². The van der Waals surface area contributed by atoms with Gasteiger partial charge in [0.25, 0.3) is 0 Å². The number of aromatic nitrogens is 1. The molecule has 2 aromatic heterocycles. The molecule has 0 aliphatic rings. The summed E-state index contributed by atoms with van der Waals surface area (Å²) in [5.74, 6) is 0.951. The zero-order valence-corrected chi connectivity index (χ0v) is 11.3. The van der Waals surface area contributed by atoms with E-state index in [-0.39, 0.29) is 6.04 Å². The quantitative estimate of drug-likeness (QED) is 0.919. The lowest BCUT2D eigenvalue weighted by atomic mass is 10.2. The summed E-state index contributed by atoms with van der Waals surface area (Å²) in [4.78, 5) is 4.00. The van der Waals surface area contributed by atoms with Gasteiger partial charge in [0.05, 0.1) is 6.04 Å². The minimum Gasteiger partial charge on any atom is -0.453 e. The average molecular weight is 295 g/mol. The second-order valence-corrected chi connectivity index (χ2v) is 4.70. The molecule has 1 N–H and O–H groups in total. The van der Waals surface area contributed by atoms with E-state index in [1.807, 2.05) is 36.7 Å². The van der Waals surface area contributed by atoms with Crippen LogP contribution in [0.25, 0.3) is 0 Å². The third-order valence-electron chi connectivity index (χ3n) is 2.63. The lowest BCUT2D eigenvalue weighted by Gasteiger charge is -2.10. The van der Waals surface area contributed by atoms with Crippen LogP contribution in [-0.4, -0.2) is 11.5 Å². The van der Waals surface area contributed by atoms with Crippen LogP contribution in [-0.2, 0) is 6.42 Å². The van der Waals surface area contributed by atoms with Crippen LogP contribution in [0, 0.1) is 0 Å². The Kier molecular flexibility index (Phi) is 4.34. The maximum absolute atomic E-state index is 5.49. The van der Waals surface area contributed by atoms with E-state index in [9.17, 15) is 0 Å². The molecule has 0 aliphatic carbocycles. The number of nitrogens with one attached hydrogen (secondary N) is 1. The fraction of sp³-hybridized carbons (Fsp3) is 0.308. The molecule has 0 radical (unpaired) electrons. The molecule has 2 aromatic rings. The predicted octanol–water partition coefficient (Wildman–Crippen LogP) is 3.33. The monoisotopic (exact) mass is 294 g/mol. The highest BCUT2D eigenvalue weighted by Gasteiger charge is 2.08. The van der Waals surface area contributed by atoms with Gasteiger partial charge in [-0.3, -0.25) is 4.98 Å². The highest BCUT2D eigenvalue weighted by molar-refractivity contribution is 9.10. The lowest BCUT2D eigenvalue weighted by molar-refractivity contribution is 0.420. The van der Waals surface area contributed by atoms with E-state index < -0.39 is 0 Å². The minimum absolute atomic E-state index is 0.225. The summed E-state index contributed by atoms with van der Waals surface area (Å²) in [6.45, 7) is 3.02. The van der Waals surface area contributed by atoms with Crippen molar-refractivity contribution in [3.8, 4) is 0 Å². The van der Waals surface area contributed by atoms with Crippen molar-refractivity contribution in [2.75, 3.05) is 6.54 Å². The Morgan fingerprint density at radius 1 is 1.29 bits per heavy atom. The second kappa shape index (κ2) is 5.98. The molecule has 3 nitrogen and oxygen atoms in total. The smallest absolute Gasteiger partial charge is 0.169 e. The molecule has 2 heterocycles. The van der Waals surface area contributed by atoms with E-state index in [1.165, 1.54) is 5.56 Å². The number of hydrogen-bond donors (Lipinski definition) is 1. The van der Waals surface area contributed by atoms with Crippen molar-refractivity contribution in [1.82, 2.24) is 10.3 Å². The van der Waals surface area contributed by atoms with Crippen molar-refractivity contribution in [2.45, 2.75) is 19.4 Å². The Hall–Kier alpha value is -1.13. The molecule has 0 aliphatic heterocycles. The topological polar surface area (TPSA) is 38.1 Å². The molecule has 2 rings (SSSR count). The first kappa shape index (κ1) is 12.3.